The third kappa shape index (κ3) is 6.10. The number of rotatable bonds is 9. The first-order valence-electron chi connectivity index (χ1n) is 9.87. The summed E-state index contributed by atoms with van der Waals surface area (Å²) >= 11 is 7.65. The molecule has 3 rings (SSSR count). The van der Waals surface area contributed by atoms with E-state index in [1.54, 1.807) is 37.7 Å². The Kier molecular flexibility index (Phi) is 7.14. The molecular weight excluding hydrogens is 414 g/mol. The molecule has 0 radical (unpaired) electrons. The van der Waals surface area contributed by atoms with E-state index in [-0.39, 0.29) is 31.0 Å². The highest BCUT2D eigenvalue weighted by molar-refractivity contribution is 7.99. The molecule has 2 fully saturated rings. The Morgan fingerprint density at radius 1 is 1.34 bits per heavy atom. The molecule has 1 aromatic carbocycles. The smallest absolute Gasteiger partial charge is 0.306 e. The predicted octanol–water partition coefficient (Wildman–Crippen LogP) is 3.37. The molecule has 1 heterocycles. The average Bonchev–Trinajstić information content (AvgIpc) is 3.45. The summed E-state index contributed by atoms with van der Waals surface area (Å²) in [5, 5.41) is 19.8. The molecule has 6 nitrogen and oxygen atoms in total. The lowest BCUT2D eigenvalue weighted by atomic mass is 9.98. The number of aliphatic hydroxyl groups is 1. The van der Waals surface area contributed by atoms with Gasteiger partial charge < -0.3 is 19.8 Å². The van der Waals surface area contributed by atoms with Gasteiger partial charge in [0.15, 0.2) is 0 Å². The minimum absolute atomic E-state index is 0.0178. The van der Waals surface area contributed by atoms with Crippen LogP contribution in [0.4, 0.5) is 0 Å². The monoisotopic (exact) mass is 441 g/mol. The van der Waals surface area contributed by atoms with Crippen LogP contribution in [0, 0.1) is 5.92 Å². The van der Waals surface area contributed by atoms with Crippen LogP contribution in [0.3, 0.4) is 0 Å². The highest BCUT2D eigenvalue weighted by atomic mass is 35.5. The van der Waals surface area contributed by atoms with Crippen molar-refractivity contribution in [1.82, 2.24) is 4.90 Å². The fraction of sp³-hybridized carbons (Fsp3) is 0.619. The zero-order valence-electron chi connectivity index (χ0n) is 16.7. The van der Waals surface area contributed by atoms with Crippen LogP contribution in [-0.2, 0) is 14.3 Å². The van der Waals surface area contributed by atoms with Crippen LogP contribution in [0.5, 0.6) is 0 Å². The molecule has 2 aliphatic rings. The van der Waals surface area contributed by atoms with Crippen molar-refractivity contribution >= 4 is 35.2 Å². The van der Waals surface area contributed by atoms with Gasteiger partial charge in [0.2, 0.25) is 0 Å². The van der Waals surface area contributed by atoms with Crippen LogP contribution in [0.1, 0.15) is 44.7 Å². The summed E-state index contributed by atoms with van der Waals surface area (Å²) in [6, 6.07) is 7.06. The van der Waals surface area contributed by atoms with E-state index in [1.807, 2.05) is 17.0 Å². The number of aliphatic carboxylic acids is 1. The van der Waals surface area contributed by atoms with Crippen molar-refractivity contribution < 1.29 is 24.5 Å². The number of nitrogens with zero attached hydrogens (tertiary/aromatic N) is 1. The SMILES string of the molecule is CC(C)(O)CSCC(C1CC1)N1C(=O)C(CC(=O)O)OCC1c1ccc(Cl)cc1. The van der Waals surface area contributed by atoms with Gasteiger partial charge >= 0.3 is 5.97 Å². The van der Waals surface area contributed by atoms with Gasteiger partial charge in [-0.05, 0) is 50.3 Å². The van der Waals surface area contributed by atoms with E-state index in [9.17, 15) is 19.8 Å². The van der Waals surface area contributed by atoms with Gasteiger partial charge in [-0.2, -0.15) is 11.8 Å². The summed E-state index contributed by atoms with van der Waals surface area (Å²) in [4.78, 5) is 26.4. The van der Waals surface area contributed by atoms with Gasteiger partial charge in [-0.15, -0.1) is 0 Å². The molecule has 1 amide bonds. The second kappa shape index (κ2) is 9.25. The van der Waals surface area contributed by atoms with Crippen molar-refractivity contribution in [3.63, 3.8) is 0 Å². The Morgan fingerprint density at radius 3 is 2.55 bits per heavy atom. The van der Waals surface area contributed by atoms with E-state index in [4.69, 9.17) is 16.3 Å². The number of morpholine rings is 1. The number of thioether (sulfide) groups is 1. The number of benzene rings is 1. The van der Waals surface area contributed by atoms with Gasteiger partial charge in [0, 0.05) is 22.6 Å². The minimum atomic E-state index is -1.05. The zero-order valence-corrected chi connectivity index (χ0v) is 18.3. The number of carboxylic acid groups (broad SMARTS) is 1. The Hall–Kier alpha value is -1.28. The Labute approximate surface area is 180 Å². The number of halogens is 1. The number of ether oxygens (including phenoxy) is 1. The van der Waals surface area contributed by atoms with Crippen LogP contribution in [0.2, 0.25) is 5.02 Å². The fourth-order valence-electron chi connectivity index (χ4n) is 3.67. The van der Waals surface area contributed by atoms with Crippen molar-refractivity contribution in [2.45, 2.75) is 56.9 Å². The first-order chi connectivity index (χ1) is 13.7. The van der Waals surface area contributed by atoms with E-state index in [1.165, 1.54) is 0 Å². The van der Waals surface area contributed by atoms with Crippen molar-refractivity contribution in [2.24, 2.45) is 5.92 Å². The summed E-state index contributed by atoms with van der Waals surface area (Å²) in [6.45, 7) is 3.79. The third-order valence-electron chi connectivity index (χ3n) is 5.20. The Bertz CT molecular complexity index is 732. The summed E-state index contributed by atoms with van der Waals surface area (Å²) in [5.41, 5.74) is 0.143. The van der Waals surface area contributed by atoms with E-state index in [2.05, 4.69) is 0 Å². The van der Waals surface area contributed by atoms with Crippen LogP contribution in [0.15, 0.2) is 24.3 Å². The first-order valence-corrected chi connectivity index (χ1v) is 11.4. The topological polar surface area (TPSA) is 87.1 Å². The third-order valence-corrected chi connectivity index (χ3v) is 6.94. The molecule has 8 heteroatoms. The summed E-state index contributed by atoms with van der Waals surface area (Å²) in [7, 11) is 0. The standard InChI is InChI=1S/C21H28ClNO5S/c1-21(2,27)12-29-11-17(14-3-4-14)23-16(13-5-7-15(22)8-6-13)10-28-18(20(23)26)9-19(24)25/h5-8,14,16-18,27H,3-4,9-12H2,1-2H3,(H,24,25). The maximum Gasteiger partial charge on any atom is 0.306 e. The van der Waals surface area contributed by atoms with Crippen molar-refractivity contribution in [2.75, 3.05) is 18.1 Å². The zero-order chi connectivity index (χ0) is 21.2. The normalized spacial score (nSPS) is 23.9. The molecule has 1 aliphatic carbocycles. The molecule has 0 spiro atoms. The number of carboxylic acids is 1. The molecule has 1 saturated heterocycles. The number of carbonyl (C=O) groups excluding carboxylic acids is 1. The molecule has 1 aliphatic heterocycles. The fourth-order valence-corrected chi connectivity index (χ4v) is 5.09. The maximum atomic E-state index is 13.3. The van der Waals surface area contributed by atoms with Gasteiger partial charge in [0.25, 0.3) is 5.91 Å². The number of carbonyl (C=O) groups is 2. The van der Waals surface area contributed by atoms with Crippen LogP contribution in [0.25, 0.3) is 0 Å². The highest BCUT2D eigenvalue weighted by Gasteiger charge is 2.46. The predicted molar refractivity (Wildman–Crippen MR) is 113 cm³/mol. The lowest BCUT2D eigenvalue weighted by Gasteiger charge is -2.44. The molecule has 2 N–H and O–H groups in total. The van der Waals surface area contributed by atoms with Crippen molar-refractivity contribution in [3.05, 3.63) is 34.9 Å². The van der Waals surface area contributed by atoms with E-state index in [0.717, 1.165) is 18.4 Å². The van der Waals surface area contributed by atoms with Crippen molar-refractivity contribution in [1.29, 1.82) is 0 Å². The largest absolute Gasteiger partial charge is 0.481 e. The van der Waals surface area contributed by atoms with Gasteiger partial charge in [-0.3, -0.25) is 9.59 Å². The Morgan fingerprint density at radius 2 is 2.00 bits per heavy atom. The molecule has 29 heavy (non-hydrogen) atoms. The van der Waals surface area contributed by atoms with Gasteiger partial charge in [0.05, 0.1) is 24.7 Å². The molecule has 0 aromatic heterocycles. The molecule has 3 atom stereocenters. The van der Waals surface area contributed by atoms with Gasteiger partial charge in [0.1, 0.15) is 6.10 Å². The molecule has 1 aromatic rings. The lowest BCUT2D eigenvalue weighted by Crippen LogP contribution is -2.55. The molecule has 160 valence electrons. The van der Waals surface area contributed by atoms with E-state index >= 15 is 0 Å². The lowest BCUT2D eigenvalue weighted by molar-refractivity contribution is -0.169. The summed E-state index contributed by atoms with van der Waals surface area (Å²) < 4.78 is 5.69. The van der Waals surface area contributed by atoms with Crippen LogP contribution >= 0.6 is 23.4 Å². The number of hydrogen-bond donors (Lipinski definition) is 2. The summed E-state index contributed by atoms with van der Waals surface area (Å²) in [6.07, 6.45) is 0.804. The maximum absolute atomic E-state index is 13.3. The number of hydrogen-bond acceptors (Lipinski definition) is 5. The second-order valence-electron chi connectivity index (χ2n) is 8.47. The number of amides is 1. The van der Waals surface area contributed by atoms with Gasteiger partial charge in [-0.25, -0.2) is 0 Å². The van der Waals surface area contributed by atoms with Crippen molar-refractivity contribution in [3.8, 4) is 0 Å². The highest BCUT2D eigenvalue weighted by Crippen LogP contribution is 2.42. The average molecular weight is 442 g/mol. The van der Waals surface area contributed by atoms with Gasteiger partial charge in [-0.1, -0.05) is 23.7 Å². The molecule has 3 unspecified atom stereocenters. The van der Waals surface area contributed by atoms with Crippen LogP contribution in [-0.4, -0.2) is 62.8 Å². The van der Waals surface area contributed by atoms with E-state index < -0.39 is 17.7 Å². The molecular formula is C21H28ClNO5S. The Balaban J connectivity index is 1.85. The minimum Gasteiger partial charge on any atom is -0.481 e. The molecule has 0 bridgehead atoms. The summed E-state index contributed by atoms with van der Waals surface area (Å²) in [5.74, 6) is 0.349. The first kappa shape index (κ1) is 22.4. The quantitative estimate of drug-likeness (QED) is 0.611. The molecule has 1 saturated carbocycles. The van der Waals surface area contributed by atoms with Crippen LogP contribution < -0.4 is 0 Å². The second-order valence-corrected chi connectivity index (χ2v) is 9.93. The van der Waals surface area contributed by atoms with E-state index in [0.29, 0.717) is 22.4 Å².